The molecule has 0 saturated carbocycles. The molecule has 96 valence electrons. The van der Waals surface area contributed by atoms with Crippen LogP contribution in [0.25, 0.3) is 22.7 Å². The van der Waals surface area contributed by atoms with Gasteiger partial charge in [-0.2, -0.15) is 0 Å². The third-order valence-electron chi connectivity index (χ3n) is 3.54. The maximum Gasteiger partial charge on any atom is 0.124 e. The zero-order chi connectivity index (χ0) is 13.4. The minimum absolute atomic E-state index is 0.921. The summed E-state index contributed by atoms with van der Waals surface area (Å²) in [5.74, 6) is 0. The summed E-state index contributed by atoms with van der Waals surface area (Å²) in [4.78, 5) is 8.96. The van der Waals surface area contributed by atoms with E-state index in [2.05, 4.69) is 52.5 Å². The van der Waals surface area contributed by atoms with Crippen LogP contribution in [0, 0.1) is 0 Å². The van der Waals surface area contributed by atoms with Crippen LogP contribution in [0.15, 0.2) is 48.1 Å². The lowest BCUT2D eigenvalue weighted by atomic mass is 10.0. The Labute approximate surface area is 121 Å². The summed E-state index contributed by atoms with van der Waals surface area (Å²) in [6, 6.07) is 10.7. The number of pyridine rings is 1. The van der Waals surface area contributed by atoms with Gasteiger partial charge in [0.05, 0.1) is 5.69 Å². The number of thiazole rings is 1. The second-order valence-electron chi connectivity index (χ2n) is 4.81. The highest BCUT2D eigenvalue weighted by Gasteiger charge is 2.11. The van der Waals surface area contributed by atoms with Crippen molar-refractivity contribution in [2.45, 2.75) is 6.42 Å². The summed E-state index contributed by atoms with van der Waals surface area (Å²) in [5, 5.41) is 3.03. The summed E-state index contributed by atoms with van der Waals surface area (Å²) < 4.78 is 0. The van der Waals surface area contributed by atoms with Gasteiger partial charge in [-0.25, -0.2) is 4.98 Å². The van der Waals surface area contributed by atoms with Gasteiger partial charge in [0.25, 0.3) is 0 Å². The summed E-state index contributed by atoms with van der Waals surface area (Å²) in [5.41, 5.74) is 6.05. The van der Waals surface area contributed by atoms with Gasteiger partial charge >= 0.3 is 0 Å². The number of rotatable bonds is 1. The van der Waals surface area contributed by atoms with Crippen molar-refractivity contribution in [1.29, 1.82) is 0 Å². The standard InChI is InChI=1S/C17H12N2S/c1-2-4-13-9-14-10-15(17-18-7-8-20-17)11-19-16(14)6-5-12(13)3-1/h1-8,10-11H,9H2. The molecule has 0 fully saturated rings. The molecule has 1 aliphatic carbocycles. The first-order valence-electron chi connectivity index (χ1n) is 6.55. The number of aromatic nitrogens is 2. The average molecular weight is 276 g/mol. The number of hydrogen-bond acceptors (Lipinski definition) is 3. The van der Waals surface area contributed by atoms with Crippen molar-refractivity contribution in [3.8, 4) is 10.6 Å². The van der Waals surface area contributed by atoms with Crippen molar-refractivity contribution in [3.05, 3.63) is 70.5 Å². The van der Waals surface area contributed by atoms with E-state index >= 15 is 0 Å². The number of nitrogens with zero attached hydrogens (tertiary/aromatic N) is 2. The van der Waals surface area contributed by atoms with E-state index in [-0.39, 0.29) is 0 Å². The molecule has 0 amide bonds. The predicted octanol–water partition coefficient (Wildman–Crippen LogP) is 4.28. The second kappa shape index (κ2) is 4.69. The van der Waals surface area contributed by atoms with Crippen LogP contribution in [-0.4, -0.2) is 9.97 Å². The first kappa shape index (κ1) is 11.6. The van der Waals surface area contributed by atoms with Gasteiger partial charge in [-0.05, 0) is 28.8 Å². The molecule has 1 aliphatic rings. The largest absolute Gasteiger partial charge is 0.256 e. The Kier molecular flexibility index (Phi) is 2.71. The van der Waals surface area contributed by atoms with Crippen molar-refractivity contribution in [2.75, 3.05) is 0 Å². The van der Waals surface area contributed by atoms with Crippen LogP contribution >= 0.6 is 11.3 Å². The molecule has 2 aromatic heterocycles. The molecule has 0 saturated heterocycles. The summed E-state index contributed by atoms with van der Waals surface area (Å²) in [6.45, 7) is 0. The maximum atomic E-state index is 4.60. The molecular formula is C17H12N2S. The second-order valence-corrected chi connectivity index (χ2v) is 5.71. The highest BCUT2D eigenvalue weighted by atomic mass is 32.1. The highest BCUT2D eigenvalue weighted by Crippen LogP contribution is 2.28. The van der Waals surface area contributed by atoms with Crippen LogP contribution in [0.1, 0.15) is 22.4 Å². The summed E-state index contributed by atoms with van der Waals surface area (Å²) >= 11 is 1.65. The van der Waals surface area contributed by atoms with Gasteiger partial charge in [-0.1, -0.05) is 30.3 Å². The molecule has 2 heterocycles. The topological polar surface area (TPSA) is 25.8 Å². The van der Waals surface area contributed by atoms with E-state index in [1.165, 1.54) is 16.7 Å². The Bertz CT molecular complexity index is 789. The normalized spacial score (nSPS) is 12.6. The van der Waals surface area contributed by atoms with Crippen LogP contribution in [0.4, 0.5) is 0 Å². The van der Waals surface area contributed by atoms with Gasteiger partial charge in [0.15, 0.2) is 0 Å². The van der Waals surface area contributed by atoms with Gasteiger partial charge in [-0.3, -0.25) is 4.98 Å². The van der Waals surface area contributed by atoms with Crippen LogP contribution in [0.2, 0.25) is 0 Å². The van der Waals surface area contributed by atoms with E-state index in [0.717, 1.165) is 22.7 Å². The molecule has 20 heavy (non-hydrogen) atoms. The molecule has 0 bridgehead atoms. The van der Waals surface area contributed by atoms with Crippen LogP contribution in [-0.2, 0) is 6.42 Å². The van der Waals surface area contributed by atoms with Crippen LogP contribution in [0.5, 0.6) is 0 Å². The Hall–Kier alpha value is -2.26. The third-order valence-corrected chi connectivity index (χ3v) is 4.36. The van der Waals surface area contributed by atoms with Crippen molar-refractivity contribution in [2.24, 2.45) is 0 Å². The maximum absolute atomic E-state index is 4.60. The molecule has 4 rings (SSSR count). The molecule has 3 heteroatoms. The zero-order valence-corrected chi connectivity index (χ0v) is 11.6. The van der Waals surface area contributed by atoms with Gasteiger partial charge in [-0.15, -0.1) is 11.3 Å². The first-order chi connectivity index (χ1) is 9.90. The van der Waals surface area contributed by atoms with Crippen LogP contribution < -0.4 is 0 Å². The van der Waals surface area contributed by atoms with Gasteiger partial charge in [0, 0.05) is 29.8 Å². The lowest BCUT2D eigenvalue weighted by Gasteiger charge is -2.07. The monoisotopic (exact) mass is 276 g/mol. The molecule has 2 nitrogen and oxygen atoms in total. The average Bonchev–Trinajstić information content (AvgIpc) is 2.95. The fourth-order valence-electron chi connectivity index (χ4n) is 2.53. The molecule has 0 radical (unpaired) electrons. The van der Waals surface area contributed by atoms with E-state index < -0.39 is 0 Å². The van der Waals surface area contributed by atoms with E-state index in [9.17, 15) is 0 Å². The predicted molar refractivity (Wildman–Crippen MR) is 83.5 cm³/mol. The molecular weight excluding hydrogens is 264 g/mol. The van der Waals surface area contributed by atoms with Gasteiger partial charge < -0.3 is 0 Å². The highest BCUT2D eigenvalue weighted by molar-refractivity contribution is 7.13. The smallest absolute Gasteiger partial charge is 0.124 e. The molecule has 3 aromatic rings. The van der Waals surface area contributed by atoms with Crippen molar-refractivity contribution >= 4 is 23.5 Å². The number of hydrogen-bond donors (Lipinski definition) is 0. The fraction of sp³-hybridized carbons (Fsp3) is 0.0588. The molecule has 0 atom stereocenters. The van der Waals surface area contributed by atoms with Gasteiger partial charge in [0.2, 0.25) is 0 Å². The molecule has 0 unspecified atom stereocenters. The Morgan fingerprint density at radius 1 is 1.00 bits per heavy atom. The molecule has 0 aliphatic heterocycles. The van der Waals surface area contributed by atoms with E-state index in [1.54, 1.807) is 11.3 Å². The van der Waals surface area contributed by atoms with E-state index in [1.807, 2.05) is 17.8 Å². The third kappa shape index (κ3) is 1.96. The lowest BCUT2D eigenvalue weighted by molar-refractivity contribution is 1.13. The van der Waals surface area contributed by atoms with Crippen molar-refractivity contribution in [1.82, 2.24) is 9.97 Å². The first-order valence-corrected chi connectivity index (χ1v) is 7.43. The Morgan fingerprint density at radius 3 is 2.85 bits per heavy atom. The number of fused-ring (bicyclic) bond motifs is 2. The van der Waals surface area contributed by atoms with Crippen LogP contribution in [0.3, 0.4) is 0 Å². The minimum atomic E-state index is 0.921. The molecule has 0 N–H and O–H groups in total. The zero-order valence-electron chi connectivity index (χ0n) is 10.8. The van der Waals surface area contributed by atoms with E-state index in [4.69, 9.17) is 0 Å². The number of benzene rings is 1. The quantitative estimate of drug-likeness (QED) is 0.518. The summed E-state index contributed by atoms with van der Waals surface area (Å²) in [6.07, 6.45) is 8.92. The van der Waals surface area contributed by atoms with Crippen molar-refractivity contribution in [3.63, 3.8) is 0 Å². The minimum Gasteiger partial charge on any atom is -0.256 e. The van der Waals surface area contributed by atoms with Gasteiger partial charge in [0.1, 0.15) is 5.01 Å². The SMILES string of the molecule is C1=Cc2ncc(-c3nccs3)cc2Cc2ccccc21. The lowest BCUT2D eigenvalue weighted by Crippen LogP contribution is -1.95. The van der Waals surface area contributed by atoms with E-state index in [0.29, 0.717) is 0 Å². The summed E-state index contributed by atoms with van der Waals surface area (Å²) in [7, 11) is 0. The molecule has 1 aromatic carbocycles. The Balaban J connectivity index is 1.83. The fourth-order valence-corrected chi connectivity index (χ4v) is 3.15. The van der Waals surface area contributed by atoms with Crippen molar-refractivity contribution < 1.29 is 0 Å². The Morgan fingerprint density at radius 2 is 1.95 bits per heavy atom. The molecule has 0 spiro atoms.